The van der Waals surface area contributed by atoms with E-state index in [9.17, 15) is 0 Å². The Morgan fingerprint density at radius 3 is 1.09 bits per heavy atom. The molecule has 0 radical (unpaired) electrons. The monoisotopic (exact) mass is 500 g/mol. The molecule has 1 N–H and O–H groups in total. The van der Waals surface area contributed by atoms with Crippen molar-refractivity contribution in [2.45, 2.75) is 6.92 Å². The molecule has 0 heterocycles. The first-order chi connectivity index (χ1) is 11.2. The molecular formula is C20H20O2Pb. The van der Waals surface area contributed by atoms with Crippen molar-refractivity contribution < 1.29 is 9.90 Å². The van der Waals surface area contributed by atoms with E-state index in [4.69, 9.17) is 9.90 Å². The maximum atomic E-state index is 9.00. The molecule has 0 aromatic heterocycles. The zero-order chi connectivity index (χ0) is 16.5. The quantitative estimate of drug-likeness (QED) is 0.560. The fraction of sp³-hybridized carbons (Fsp3) is 0.0500. The van der Waals surface area contributed by atoms with Crippen LogP contribution in [0.4, 0.5) is 0 Å². The van der Waals surface area contributed by atoms with Crippen LogP contribution in [0.15, 0.2) is 91.0 Å². The van der Waals surface area contributed by atoms with Crippen LogP contribution in [0.2, 0.25) is 0 Å². The van der Waals surface area contributed by atoms with Gasteiger partial charge in [-0.15, -0.1) is 0 Å². The molecule has 3 rings (SSSR count). The van der Waals surface area contributed by atoms with E-state index in [-0.39, 0.29) is 0 Å². The van der Waals surface area contributed by atoms with Crippen molar-refractivity contribution in [1.82, 2.24) is 0 Å². The van der Waals surface area contributed by atoms with Crippen molar-refractivity contribution in [2.75, 3.05) is 0 Å². The van der Waals surface area contributed by atoms with Crippen LogP contribution in [0, 0.1) is 0 Å². The second-order valence-electron chi connectivity index (χ2n) is 5.18. The predicted octanol–water partition coefficient (Wildman–Crippen LogP) is 2.03. The molecule has 3 aromatic rings. The minimum absolute atomic E-state index is 0.833. The zero-order valence-electron chi connectivity index (χ0n) is 13.1. The van der Waals surface area contributed by atoms with E-state index in [1.807, 2.05) is 0 Å². The topological polar surface area (TPSA) is 37.3 Å². The van der Waals surface area contributed by atoms with Gasteiger partial charge in [-0.2, -0.15) is 0 Å². The molecule has 2 nitrogen and oxygen atoms in total. The van der Waals surface area contributed by atoms with Crippen molar-refractivity contribution in [1.29, 1.82) is 0 Å². The van der Waals surface area contributed by atoms with E-state index in [1.54, 1.807) is 9.37 Å². The van der Waals surface area contributed by atoms with E-state index in [1.165, 1.54) is 0 Å². The number of carboxylic acid groups (broad SMARTS) is 1. The van der Waals surface area contributed by atoms with E-state index in [0.717, 1.165) is 6.92 Å². The first kappa shape index (κ1) is 17.4. The molecule has 0 unspecified atom stereocenters. The molecule has 23 heavy (non-hydrogen) atoms. The Kier molecular flexibility index (Phi) is 7.00. The minimum atomic E-state index is -2.28. The van der Waals surface area contributed by atoms with Gasteiger partial charge in [0, 0.05) is 6.92 Å². The SMILES string of the molecule is CC(=O)O.c1cc[c]([PbH]([c]2ccccc2)[c]2ccccc2)cc1. The van der Waals surface area contributed by atoms with Gasteiger partial charge in [0.2, 0.25) is 0 Å². The molecule has 0 bridgehead atoms. The summed E-state index contributed by atoms with van der Waals surface area (Å²) in [6.07, 6.45) is 0. The summed E-state index contributed by atoms with van der Waals surface area (Å²) in [4.78, 5) is 9.00. The van der Waals surface area contributed by atoms with E-state index >= 15 is 0 Å². The Balaban J connectivity index is 0.000000433. The summed E-state index contributed by atoms with van der Waals surface area (Å²) < 4.78 is 4.67. The number of carbonyl (C=O) groups is 1. The Labute approximate surface area is 145 Å². The normalized spacial score (nSPS) is 9.83. The molecule has 0 aliphatic carbocycles. The number of aliphatic carboxylic acids is 1. The fourth-order valence-electron chi connectivity index (χ4n) is 2.51. The van der Waals surface area contributed by atoms with Gasteiger partial charge in [0.15, 0.2) is 0 Å². The number of hydrogen-bond donors (Lipinski definition) is 1. The molecule has 3 heteroatoms. The summed E-state index contributed by atoms with van der Waals surface area (Å²) in [5.74, 6) is -0.833. The molecule has 0 saturated heterocycles. The van der Waals surface area contributed by atoms with Crippen LogP contribution in [0.3, 0.4) is 0 Å². The van der Waals surface area contributed by atoms with Crippen molar-refractivity contribution in [3.05, 3.63) is 91.0 Å². The van der Waals surface area contributed by atoms with Crippen LogP contribution in [0.5, 0.6) is 0 Å². The van der Waals surface area contributed by atoms with Crippen molar-refractivity contribution >= 4 is 38.0 Å². The number of carboxylic acids is 1. The van der Waals surface area contributed by atoms with Gasteiger partial charge in [-0.1, -0.05) is 0 Å². The van der Waals surface area contributed by atoms with Crippen molar-refractivity contribution in [3.63, 3.8) is 0 Å². The van der Waals surface area contributed by atoms with Gasteiger partial charge < -0.3 is 5.11 Å². The maximum absolute atomic E-state index is 9.00. The zero-order valence-corrected chi connectivity index (χ0v) is 17.6. The van der Waals surface area contributed by atoms with Crippen LogP contribution in [-0.2, 0) is 4.79 Å². The standard InChI is InChI=1S/3C6H5.C2H4O2.Pb.H/c3*1-2-4-6-5-3-1;1-2(3)4;;/h3*1-5H;1H3,(H,3,4);;. The second kappa shape index (κ2) is 9.25. The van der Waals surface area contributed by atoms with E-state index in [2.05, 4.69) is 91.0 Å². The molecule has 0 saturated carbocycles. The summed E-state index contributed by atoms with van der Waals surface area (Å²) in [5.41, 5.74) is 0. The summed E-state index contributed by atoms with van der Waals surface area (Å²) in [6.45, 7) is 1.08. The molecule has 0 aliphatic rings. The van der Waals surface area contributed by atoms with Gasteiger partial charge in [-0.3, -0.25) is 4.79 Å². The number of hydrogen-bond acceptors (Lipinski definition) is 1. The molecule has 0 atom stereocenters. The van der Waals surface area contributed by atoms with Crippen molar-refractivity contribution in [3.8, 4) is 0 Å². The molecular weight excluding hydrogens is 479 g/mol. The second-order valence-corrected chi connectivity index (χ2v) is 16.3. The van der Waals surface area contributed by atoms with Gasteiger partial charge in [0.25, 0.3) is 5.97 Å². The number of rotatable bonds is 3. The Morgan fingerprint density at radius 2 is 0.870 bits per heavy atom. The van der Waals surface area contributed by atoms with Gasteiger partial charge in [-0.05, 0) is 0 Å². The van der Waals surface area contributed by atoms with Gasteiger partial charge in [0.1, 0.15) is 0 Å². The Hall–Kier alpha value is -1.95. The molecule has 116 valence electrons. The molecule has 0 aliphatic heterocycles. The van der Waals surface area contributed by atoms with Crippen LogP contribution in [0.1, 0.15) is 6.92 Å². The average molecular weight is 500 g/mol. The fourth-order valence-corrected chi connectivity index (χ4v) is 14.1. The summed E-state index contributed by atoms with van der Waals surface area (Å²) in [6, 6.07) is 33.1. The first-order valence-electron chi connectivity index (χ1n) is 7.53. The van der Waals surface area contributed by atoms with Crippen LogP contribution in [-0.4, -0.2) is 33.8 Å². The third kappa shape index (κ3) is 5.64. The molecule has 0 spiro atoms. The summed E-state index contributed by atoms with van der Waals surface area (Å²) in [5, 5.41) is 7.42. The number of benzene rings is 3. The molecule has 0 amide bonds. The predicted molar refractivity (Wildman–Crippen MR) is 98.7 cm³/mol. The molecule has 3 aromatic carbocycles. The summed E-state index contributed by atoms with van der Waals surface area (Å²) in [7, 11) is 0. The van der Waals surface area contributed by atoms with E-state index in [0.29, 0.717) is 0 Å². The van der Waals surface area contributed by atoms with Gasteiger partial charge in [0.05, 0.1) is 0 Å². The average Bonchev–Trinajstić information content (AvgIpc) is 2.58. The Morgan fingerprint density at radius 1 is 0.652 bits per heavy atom. The van der Waals surface area contributed by atoms with Crippen LogP contribution < -0.4 is 9.37 Å². The Bertz CT molecular complexity index is 614. The van der Waals surface area contributed by atoms with Gasteiger partial charge >= 0.3 is 123 Å². The van der Waals surface area contributed by atoms with Crippen LogP contribution in [0.25, 0.3) is 0 Å². The van der Waals surface area contributed by atoms with Gasteiger partial charge in [-0.25, -0.2) is 0 Å². The third-order valence-electron chi connectivity index (χ3n) is 3.40. The first-order valence-corrected chi connectivity index (χ1v) is 14.3. The van der Waals surface area contributed by atoms with Crippen LogP contribution >= 0.6 is 0 Å². The third-order valence-corrected chi connectivity index (χ3v) is 15.7. The van der Waals surface area contributed by atoms with Crippen molar-refractivity contribution in [2.24, 2.45) is 0 Å². The molecule has 0 fully saturated rings. The summed E-state index contributed by atoms with van der Waals surface area (Å²) >= 11 is -2.28. The van der Waals surface area contributed by atoms with E-state index < -0.39 is 28.7 Å².